The first-order valence-corrected chi connectivity index (χ1v) is 4.03. The van der Waals surface area contributed by atoms with Crippen LogP contribution in [0.5, 0.6) is 0 Å². The van der Waals surface area contributed by atoms with Crippen molar-refractivity contribution >= 4 is 5.97 Å². The van der Waals surface area contributed by atoms with Crippen molar-refractivity contribution in [2.45, 2.75) is 18.3 Å². The zero-order valence-corrected chi connectivity index (χ0v) is 7.14. The Morgan fingerprint density at radius 2 is 2.38 bits per heavy atom. The Morgan fingerprint density at radius 1 is 1.62 bits per heavy atom. The zero-order chi connectivity index (χ0) is 9.42. The SMILES string of the molecule is CO[C@H]1C=CC2=CC(=O)O[C@H]2[C@H]1O. The standard InChI is InChI=1S/C9H10O4/c1-12-6-3-2-5-4-7(10)13-9(5)8(6)11/h2-4,6,8-9,11H,1H3/t6-,8-,9+/m0/s1. The summed E-state index contributed by atoms with van der Waals surface area (Å²) >= 11 is 0. The number of aliphatic hydroxyl groups is 1. The number of aliphatic hydroxyl groups excluding tert-OH is 1. The van der Waals surface area contributed by atoms with Crippen molar-refractivity contribution in [2.75, 3.05) is 7.11 Å². The molecule has 0 bridgehead atoms. The first kappa shape index (κ1) is 8.47. The van der Waals surface area contributed by atoms with E-state index in [1.165, 1.54) is 13.2 Å². The molecule has 13 heavy (non-hydrogen) atoms. The summed E-state index contributed by atoms with van der Waals surface area (Å²) in [4.78, 5) is 10.9. The van der Waals surface area contributed by atoms with Crippen LogP contribution in [0, 0.1) is 0 Å². The van der Waals surface area contributed by atoms with Gasteiger partial charge in [0.15, 0.2) is 6.10 Å². The average Bonchev–Trinajstić information content (AvgIpc) is 2.47. The molecular formula is C9H10O4. The second kappa shape index (κ2) is 2.97. The van der Waals surface area contributed by atoms with Crippen LogP contribution in [-0.4, -0.2) is 36.5 Å². The van der Waals surface area contributed by atoms with E-state index in [-0.39, 0.29) is 0 Å². The van der Waals surface area contributed by atoms with E-state index in [0.717, 1.165) is 0 Å². The number of rotatable bonds is 1. The van der Waals surface area contributed by atoms with Gasteiger partial charge in [-0.15, -0.1) is 0 Å². The number of hydrogen-bond donors (Lipinski definition) is 1. The highest BCUT2D eigenvalue weighted by molar-refractivity contribution is 5.87. The van der Waals surface area contributed by atoms with Gasteiger partial charge in [0.25, 0.3) is 0 Å². The lowest BCUT2D eigenvalue weighted by Gasteiger charge is -2.27. The van der Waals surface area contributed by atoms with E-state index in [9.17, 15) is 9.90 Å². The van der Waals surface area contributed by atoms with Crippen molar-refractivity contribution in [2.24, 2.45) is 0 Å². The van der Waals surface area contributed by atoms with E-state index in [1.807, 2.05) is 0 Å². The zero-order valence-electron chi connectivity index (χ0n) is 7.14. The van der Waals surface area contributed by atoms with E-state index in [4.69, 9.17) is 9.47 Å². The molecule has 0 aromatic rings. The molecular weight excluding hydrogens is 172 g/mol. The van der Waals surface area contributed by atoms with Gasteiger partial charge in [-0.2, -0.15) is 0 Å². The molecule has 0 spiro atoms. The van der Waals surface area contributed by atoms with Crippen LogP contribution in [0.25, 0.3) is 0 Å². The van der Waals surface area contributed by atoms with Crippen LogP contribution in [0.1, 0.15) is 0 Å². The molecule has 0 unspecified atom stereocenters. The summed E-state index contributed by atoms with van der Waals surface area (Å²) in [5, 5.41) is 9.66. The van der Waals surface area contributed by atoms with Gasteiger partial charge in [0.2, 0.25) is 0 Å². The minimum atomic E-state index is -0.798. The van der Waals surface area contributed by atoms with Crippen molar-refractivity contribution in [3.63, 3.8) is 0 Å². The van der Waals surface area contributed by atoms with Gasteiger partial charge in [-0.3, -0.25) is 0 Å². The summed E-state index contributed by atoms with van der Waals surface area (Å²) in [6.45, 7) is 0. The van der Waals surface area contributed by atoms with Gasteiger partial charge in [-0.1, -0.05) is 12.2 Å². The number of carbonyl (C=O) groups is 1. The van der Waals surface area contributed by atoms with Gasteiger partial charge in [-0.25, -0.2) is 4.79 Å². The predicted octanol–water partition coefficient (Wildman–Crippen LogP) is -0.216. The molecule has 2 aliphatic rings. The van der Waals surface area contributed by atoms with Gasteiger partial charge in [0.05, 0.1) is 0 Å². The highest BCUT2D eigenvalue weighted by Gasteiger charge is 2.38. The smallest absolute Gasteiger partial charge is 0.331 e. The Hall–Kier alpha value is -1.13. The molecule has 1 aliphatic heterocycles. The third-order valence-corrected chi connectivity index (χ3v) is 2.25. The van der Waals surface area contributed by atoms with Gasteiger partial charge >= 0.3 is 5.97 Å². The molecule has 0 saturated heterocycles. The molecule has 1 heterocycles. The van der Waals surface area contributed by atoms with Crippen LogP contribution < -0.4 is 0 Å². The van der Waals surface area contributed by atoms with Gasteiger partial charge in [0, 0.05) is 18.8 Å². The van der Waals surface area contributed by atoms with Crippen LogP contribution >= 0.6 is 0 Å². The molecule has 4 nitrogen and oxygen atoms in total. The van der Waals surface area contributed by atoms with Crippen molar-refractivity contribution in [3.05, 3.63) is 23.8 Å². The average molecular weight is 182 g/mol. The number of carbonyl (C=O) groups excluding carboxylic acids is 1. The largest absolute Gasteiger partial charge is 0.451 e. The highest BCUT2D eigenvalue weighted by atomic mass is 16.6. The van der Waals surface area contributed by atoms with Gasteiger partial charge < -0.3 is 14.6 Å². The molecule has 0 saturated carbocycles. The number of ether oxygens (including phenoxy) is 2. The van der Waals surface area contributed by atoms with Gasteiger partial charge in [0.1, 0.15) is 12.2 Å². The Kier molecular flexibility index (Phi) is 1.94. The Balaban J connectivity index is 2.26. The van der Waals surface area contributed by atoms with Crippen molar-refractivity contribution in [3.8, 4) is 0 Å². The Bertz CT molecular complexity index is 292. The van der Waals surface area contributed by atoms with Crippen LogP contribution in [0.4, 0.5) is 0 Å². The molecule has 2 rings (SSSR count). The third kappa shape index (κ3) is 1.28. The lowest BCUT2D eigenvalue weighted by atomic mass is 9.95. The minimum absolute atomic E-state index is 0.395. The number of methoxy groups -OCH3 is 1. The van der Waals surface area contributed by atoms with Crippen LogP contribution in [0.3, 0.4) is 0 Å². The fraction of sp³-hybridized carbons (Fsp3) is 0.444. The normalized spacial score (nSPS) is 36.9. The minimum Gasteiger partial charge on any atom is -0.451 e. The van der Waals surface area contributed by atoms with E-state index in [0.29, 0.717) is 5.57 Å². The maximum Gasteiger partial charge on any atom is 0.331 e. The first-order valence-electron chi connectivity index (χ1n) is 4.03. The van der Waals surface area contributed by atoms with E-state index in [1.54, 1.807) is 12.2 Å². The second-order valence-corrected chi connectivity index (χ2v) is 3.05. The summed E-state index contributed by atoms with van der Waals surface area (Å²) in [6, 6.07) is 0. The predicted molar refractivity (Wildman–Crippen MR) is 43.9 cm³/mol. The van der Waals surface area contributed by atoms with E-state index >= 15 is 0 Å². The molecule has 1 N–H and O–H groups in total. The summed E-state index contributed by atoms with van der Waals surface area (Å²) < 4.78 is 9.89. The van der Waals surface area contributed by atoms with E-state index < -0.39 is 24.3 Å². The quantitative estimate of drug-likeness (QED) is 0.570. The second-order valence-electron chi connectivity index (χ2n) is 3.05. The molecule has 1 aliphatic carbocycles. The van der Waals surface area contributed by atoms with Crippen LogP contribution in [-0.2, 0) is 14.3 Å². The van der Waals surface area contributed by atoms with E-state index in [2.05, 4.69) is 0 Å². The monoisotopic (exact) mass is 182 g/mol. The first-order chi connectivity index (χ1) is 6.22. The fourth-order valence-corrected chi connectivity index (χ4v) is 1.57. The molecule has 3 atom stereocenters. The lowest BCUT2D eigenvalue weighted by Crippen LogP contribution is -2.41. The molecule has 0 aromatic heterocycles. The van der Waals surface area contributed by atoms with Crippen LogP contribution in [0.2, 0.25) is 0 Å². The van der Waals surface area contributed by atoms with Gasteiger partial charge in [-0.05, 0) is 0 Å². The van der Waals surface area contributed by atoms with Crippen molar-refractivity contribution in [1.29, 1.82) is 0 Å². The Morgan fingerprint density at radius 3 is 3.08 bits per heavy atom. The van der Waals surface area contributed by atoms with Crippen molar-refractivity contribution < 1.29 is 19.4 Å². The topological polar surface area (TPSA) is 55.8 Å². The maximum atomic E-state index is 10.9. The molecule has 0 radical (unpaired) electrons. The van der Waals surface area contributed by atoms with Crippen molar-refractivity contribution in [1.82, 2.24) is 0 Å². The van der Waals surface area contributed by atoms with Crippen LogP contribution in [0.15, 0.2) is 23.8 Å². The molecule has 4 heteroatoms. The molecule has 0 amide bonds. The molecule has 70 valence electrons. The Labute approximate surface area is 75.5 Å². The number of hydrogen-bond acceptors (Lipinski definition) is 4. The molecule has 0 fully saturated rings. The highest BCUT2D eigenvalue weighted by Crippen LogP contribution is 2.27. The number of fused-ring (bicyclic) bond motifs is 1. The summed E-state index contributed by atoms with van der Waals surface area (Å²) in [7, 11) is 1.50. The summed E-state index contributed by atoms with van der Waals surface area (Å²) in [6.07, 6.45) is 3.10. The molecule has 0 aromatic carbocycles. The fourth-order valence-electron chi connectivity index (χ4n) is 1.57. The third-order valence-electron chi connectivity index (χ3n) is 2.25. The number of esters is 1. The summed E-state index contributed by atoms with van der Waals surface area (Å²) in [5.74, 6) is -0.402. The lowest BCUT2D eigenvalue weighted by molar-refractivity contribution is -0.146. The summed E-state index contributed by atoms with van der Waals surface area (Å²) in [5.41, 5.74) is 0.714. The maximum absolute atomic E-state index is 10.9.